The Balaban J connectivity index is 2.70. The number of aryl methyl sites for hydroxylation is 1. The summed E-state index contributed by atoms with van der Waals surface area (Å²) < 4.78 is 1.75. The van der Waals surface area contributed by atoms with E-state index in [1.807, 2.05) is 20.0 Å². The summed E-state index contributed by atoms with van der Waals surface area (Å²) in [4.78, 5) is 12.3. The molecule has 0 amide bonds. The molecule has 0 saturated heterocycles. The SMILES string of the molecule is CC(c1ccnn1C)N(C)CC(=O)O. The molecule has 0 saturated carbocycles. The van der Waals surface area contributed by atoms with Crippen LogP contribution in [0.5, 0.6) is 0 Å². The zero-order chi connectivity index (χ0) is 10.7. The molecule has 0 aromatic carbocycles. The number of aliphatic carboxylic acids is 1. The predicted molar refractivity (Wildman–Crippen MR) is 51.9 cm³/mol. The van der Waals surface area contributed by atoms with Crippen molar-refractivity contribution in [2.75, 3.05) is 13.6 Å². The Hall–Kier alpha value is -1.36. The molecule has 0 aliphatic rings. The van der Waals surface area contributed by atoms with Crippen molar-refractivity contribution in [1.82, 2.24) is 14.7 Å². The Bertz CT molecular complexity index is 322. The van der Waals surface area contributed by atoms with Crippen molar-refractivity contribution in [3.63, 3.8) is 0 Å². The van der Waals surface area contributed by atoms with E-state index >= 15 is 0 Å². The lowest BCUT2D eigenvalue weighted by atomic mass is 10.2. The lowest BCUT2D eigenvalue weighted by Gasteiger charge is -2.22. The van der Waals surface area contributed by atoms with Crippen LogP contribution in [-0.4, -0.2) is 39.3 Å². The van der Waals surface area contributed by atoms with Crippen molar-refractivity contribution in [3.05, 3.63) is 18.0 Å². The van der Waals surface area contributed by atoms with Crippen molar-refractivity contribution in [1.29, 1.82) is 0 Å². The largest absolute Gasteiger partial charge is 0.480 e. The number of nitrogens with zero attached hydrogens (tertiary/aromatic N) is 3. The van der Waals surface area contributed by atoms with Gasteiger partial charge in [-0.1, -0.05) is 0 Å². The molecule has 1 aromatic heterocycles. The van der Waals surface area contributed by atoms with E-state index in [4.69, 9.17) is 5.11 Å². The minimum Gasteiger partial charge on any atom is -0.480 e. The summed E-state index contributed by atoms with van der Waals surface area (Å²) >= 11 is 0. The van der Waals surface area contributed by atoms with Gasteiger partial charge in [-0.05, 0) is 20.0 Å². The van der Waals surface area contributed by atoms with Crippen LogP contribution in [0.1, 0.15) is 18.7 Å². The van der Waals surface area contributed by atoms with Gasteiger partial charge in [-0.25, -0.2) is 0 Å². The first-order valence-corrected chi connectivity index (χ1v) is 4.42. The highest BCUT2D eigenvalue weighted by molar-refractivity contribution is 5.69. The minimum absolute atomic E-state index is 0.0341. The summed E-state index contributed by atoms with van der Waals surface area (Å²) in [6.07, 6.45) is 1.71. The van der Waals surface area contributed by atoms with E-state index < -0.39 is 5.97 Å². The van der Waals surface area contributed by atoms with Crippen molar-refractivity contribution in [2.45, 2.75) is 13.0 Å². The number of carboxylic acid groups (broad SMARTS) is 1. The third-order valence-corrected chi connectivity index (χ3v) is 2.33. The van der Waals surface area contributed by atoms with Crippen LogP contribution in [0.25, 0.3) is 0 Å². The lowest BCUT2D eigenvalue weighted by molar-refractivity contribution is -0.138. The number of hydrogen-bond donors (Lipinski definition) is 1. The molecule has 5 nitrogen and oxygen atoms in total. The average molecular weight is 197 g/mol. The first kappa shape index (κ1) is 10.7. The third kappa shape index (κ3) is 2.32. The van der Waals surface area contributed by atoms with Crippen LogP contribution in [0.15, 0.2) is 12.3 Å². The topological polar surface area (TPSA) is 58.4 Å². The van der Waals surface area contributed by atoms with Crippen molar-refractivity contribution >= 4 is 5.97 Å². The van der Waals surface area contributed by atoms with Crippen LogP contribution < -0.4 is 0 Å². The summed E-state index contributed by atoms with van der Waals surface area (Å²) in [5.74, 6) is -0.818. The zero-order valence-corrected chi connectivity index (χ0v) is 8.64. The Morgan fingerprint density at radius 2 is 2.43 bits per heavy atom. The summed E-state index contributed by atoms with van der Waals surface area (Å²) in [6.45, 7) is 1.99. The van der Waals surface area contributed by atoms with Gasteiger partial charge in [0.1, 0.15) is 0 Å². The van der Waals surface area contributed by atoms with Gasteiger partial charge in [-0.2, -0.15) is 5.10 Å². The quantitative estimate of drug-likeness (QED) is 0.763. The molecule has 1 heterocycles. The van der Waals surface area contributed by atoms with E-state index in [1.54, 1.807) is 22.8 Å². The first-order chi connectivity index (χ1) is 6.52. The normalized spacial score (nSPS) is 13.1. The fourth-order valence-corrected chi connectivity index (χ4v) is 1.37. The molecule has 0 bridgehead atoms. The Morgan fingerprint density at radius 3 is 2.86 bits per heavy atom. The van der Waals surface area contributed by atoms with Crippen LogP contribution in [0.2, 0.25) is 0 Å². The Labute approximate surface area is 82.9 Å². The molecule has 0 aliphatic heterocycles. The van der Waals surface area contributed by atoms with Gasteiger partial charge in [0.15, 0.2) is 0 Å². The maximum atomic E-state index is 10.5. The van der Waals surface area contributed by atoms with E-state index in [0.717, 1.165) is 5.69 Å². The molecule has 14 heavy (non-hydrogen) atoms. The summed E-state index contributed by atoms with van der Waals surface area (Å²) in [5, 5.41) is 12.7. The number of carboxylic acids is 1. The Morgan fingerprint density at radius 1 is 1.79 bits per heavy atom. The highest BCUT2D eigenvalue weighted by atomic mass is 16.4. The molecule has 0 aliphatic carbocycles. The number of carbonyl (C=O) groups is 1. The minimum atomic E-state index is -0.818. The molecular weight excluding hydrogens is 182 g/mol. The molecule has 0 spiro atoms. The molecular formula is C9H15N3O2. The van der Waals surface area contributed by atoms with Gasteiger partial charge in [0, 0.05) is 19.3 Å². The number of rotatable bonds is 4. The molecule has 1 aromatic rings. The van der Waals surface area contributed by atoms with Crippen molar-refractivity contribution in [2.24, 2.45) is 7.05 Å². The third-order valence-electron chi connectivity index (χ3n) is 2.33. The highest BCUT2D eigenvalue weighted by Gasteiger charge is 2.16. The molecule has 5 heteroatoms. The standard InChI is InChI=1S/C9H15N3O2/c1-7(11(2)6-9(13)14)8-4-5-10-12(8)3/h4-5,7H,6H2,1-3H3,(H,13,14). The number of hydrogen-bond acceptors (Lipinski definition) is 3. The fourth-order valence-electron chi connectivity index (χ4n) is 1.37. The lowest BCUT2D eigenvalue weighted by Crippen LogP contribution is -2.29. The maximum absolute atomic E-state index is 10.5. The van der Waals surface area contributed by atoms with Crippen molar-refractivity contribution in [3.8, 4) is 0 Å². The van der Waals surface area contributed by atoms with Gasteiger partial charge in [-0.3, -0.25) is 14.4 Å². The fraction of sp³-hybridized carbons (Fsp3) is 0.556. The van der Waals surface area contributed by atoms with Gasteiger partial charge in [0.25, 0.3) is 0 Å². The van der Waals surface area contributed by atoms with Gasteiger partial charge in [0.05, 0.1) is 12.2 Å². The highest BCUT2D eigenvalue weighted by Crippen LogP contribution is 2.16. The van der Waals surface area contributed by atoms with E-state index in [-0.39, 0.29) is 12.6 Å². The summed E-state index contributed by atoms with van der Waals surface area (Å²) in [6, 6.07) is 1.95. The van der Waals surface area contributed by atoms with Crippen LogP contribution in [-0.2, 0) is 11.8 Å². The molecule has 1 N–H and O–H groups in total. The number of aromatic nitrogens is 2. The van der Waals surface area contributed by atoms with Gasteiger partial charge in [-0.15, -0.1) is 0 Å². The van der Waals surface area contributed by atoms with Crippen LogP contribution in [0.4, 0.5) is 0 Å². The smallest absolute Gasteiger partial charge is 0.317 e. The summed E-state index contributed by atoms with van der Waals surface area (Å²) in [5.41, 5.74) is 1.01. The van der Waals surface area contributed by atoms with E-state index in [1.165, 1.54) is 0 Å². The zero-order valence-electron chi connectivity index (χ0n) is 8.64. The second-order valence-corrected chi connectivity index (χ2v) is 3.36. The van der Waals surface area contributed by atoms with E-state index in [2.05, 4.69) is 5.10 Å². The second-order valence-electron chi connectivity index (χ2n) is 3.36. The van der Waals surface area contributed by atoms with Crippen molar-refractivity contribution < 1.29 is 9.90 Å². The van der Waals surface area contributed by atoms with Gasteiger partial charge >= 0.3 is 5.97 Å². The first-order valence-electron chi connectivity index (χ1n) is 4.42. The Kier molecular flexibility index (Phi) is 3.24. The molecule has 1 unspecified atom stereocenters. The van der Waals surface area contributed by atoms with Gasteiger partial charge in [0.2, 0.25) is 0 Å². The molecule has 78 valence electrons. The summed E-state index contributed by atoms with van der Waals surface area (Å²) in [7, 11) is 3.63. The number of likely N-dealkylation sites (N-methyl/N-ethyl adjacent to an activating group) is 1. The second kappa shape index (κ2) is 4.23. The molecule has 1 atom stereocenters. The van der Waals surface area contributed by atoms with Gasteiger partial charge < -0.3 is 5.11 Å². The monoisotopic (exact) mass is 197 g/mol. The predicted octanol–water partition coefficient (Wildman–Crippen LogP) is 0.497. The van der Waals surface area contributed by atoms with Crippen LogP contribution in [0.3, 0.4) is 0 Å². The van der Waals surface area contributed by atoms with E-state index in [9.17, 15) is 4.79 Å². The average Bonchev–Trinajstić information content (AvgIpc) is 2.48. The van der Waals surface area contributed by atoms with Crippen LogP contribution >= 0.6 is 0 Å². The van der Waals surface area contributed by atoms with E-state index in [0.29, 0.717) is 0 Å². The van der Waals surface area contributed by atoms with Crippen LogP contribution in [0, 0.1) is 0 Å². The molecule has 0 fully saturated rings. The molecule has 0 radical (unpaired) electrons. The molecule has 1 rings (SSSR count). The maximum Gasteiger partial charge on any atom is 0.317 e.